The van der Waals surface area contributed by atoms with Gasteiger partial charge >= 0.3 is 6.09 Å². The zero-order valence-electron chi connectivity index (χ0n) is 30.6. The number of nitrogens with one attached hydrogen (secondary N) is 5. The summed E-state index contributed by atoms with van der Waals surface area (Å²) < 4.78 is 16.4. The third kappa shape index (κ3) is 14.6. The second kappa shape index (κ2) is 23.1. The maximum absolute atomic E-state index is 12.8. The quantitative estimate of drug-likeness (QED) is 0.0861. The zero-order valence-corrected chi connectivity index (χ0v) is 30.6. The minimum absolute atomic E-state index is 0.0354. The van der Waals surface area contributed by atoms with Crippen molar-refractivity contribution >= 4 is 41.1 Å². The van der Waals surface area contributed by atoms with Crippen LogP contribution in [0, 0.1) is 0 Å². The number of alkyl carbamates (subject to hydrolysis) is 1. The highest BCUT2D eigenvalue weighted by atomic mass is 16.5. The first-order valence-electron chi connectivity index (χ1n) is 18.2. The van der Waals surface area contributed by atoms with Gasteiger partial charge in [-0.1, -0.05) is 25.5 Å². The number of carbonyl (C=O) groups is 5. The summed E-state index contributed by atoms with van der Waals surface area (Å²) in [5.74, 6) is -1.10. The number of fused-ring (bicyclic) bond motifs is 3. The van der Waals surface area contributed by atoms with Gasteiger partial charge in [0.25, 0.3) is 0 Å². The van der Waals surface area contributed by atoms with Gasteiger partial charge in [-0.05, 0) is 79.1 Å². The Kier molecular flexibility index (Phi) is 18.6. The van der Waals surface area contributed by atoms with Gasteiger partial charge in [0.1, 0.15) is 6.61 Å². The third-order valence-corrected chi connectivity index (χ3v) is 8.49. The summed E-state index contributed by atoms with van der Waals surface area (Å²) in [7, 11) is 1.48. The molecule has 2 aromatic rings. The molecule has 2 unspecified atom stereocenters. The van der Waals surface area contributed by atoms with E-state index in [4.69, 9.17) is 19.3 Å². The van der Waals surface area contributed by atoms with Gasteiger partial charge in [0.2, 0.25) is 23.6 Å². The van der Waals surface area contributed by atoms with E-state index in [9.17, 15) is 24.0 Å². The zero-order chi connectivity index (χ0) is 37.7. The van der Waals surface area contributed by atoms with Crippen molar-refractivity contribution in [2.45, 2.75) is 83.7 Å². The number of benzene rings is 2. The van der Waals surface area contributed by atoms with Crippen molar-refractivity contribution in [3.05, 3.63) is 47.5 Å². The SMILES string of the molecule is CCCCOCCNC(=O)CCCC(=O)Nc1ccc2c(c1)C(COC(=O)NC)c1cc(NC(=O)CCCC(=O)NCCOC(C)CCO)ccc1-2. The number of rotatable bonds is 24. The molecule has 5 amide bonds. The Balaban J connectivity index is 1.53. The van der Waals surface area contributed by atoms with E-state index in [1.165, 1.54) is 7.05 Å². The lowest BCUT2D eigenvalue weighted by Gasteiger charge is -2.16. The molecule has 0 saturated heterocycles. The standard InChI is InChI=1S/C38H55N5O9/c1-4-5-20-50-21-17-40-34(45)8-6-10-36(47)42-27-12-14-29-30-15-13-28(24-32(30)33(31(29)23-27)25-52-38(49)39-3)43-37(48)11-7-9-35(46)41-18-22-51-26(2)16-19-44/h12-15,23-24,26,33,44H,4-11,16-22,25H2,1-3H3,(H,39,49)(H,40,45)(H,41,46)(H,42,47)(H,43,48). The Morgan fingerprint density at radius 1 is 0.750 bits per heavy atom. The van der Waals surface area contributed by atoms with E-state index in [2.05, 4.69) is 33.5 Å². The van der Waals surface area contributed by atoms with Crippen LogP contribution in [0.15, 0.2) is 36.4 Å². The lowest BCUT2D eigenvalue weighted by Crippen LogP contribution is -2.28. The first kappa shape index (κ1) is 41.9. The molecule has 0 aliphatic heterocycles. The van der Waals surface area contributed by atoms with Crippen molar-refractivity contribution in [2.24, 2.45) is 0 Å². The molecule has 0 spiro atoms. The smallest absolute Gasteiger partial charge is 0.406 e. The molecule has 0 saturated carbocycles. The fourth-order valence-corrected chi connectivity index (χ4v) is 5.70. The summed E-state index contributed by atoms with van der Waals surface area (Å²) in [6.07, 6.45) is 3.44. The third-order valence-electron chi connectivity index (χ3n) is 8.49. The van der Waals surface area contributed by atoms with Crippen LogP contribution in [0.25, 0.3) is 11.1 Å². The molecule has 52 heavy (non-hydrogen) atoms. The molecule has 3 rings (SSSR count). The first-order chi connectivity index (χ1) is 25.1. The van der Waals surface area contributed by atoms with Gasteiger partial charge in [-0.3, -0.25) is 19.2 Å². The predicted octanol–water partition coefficient (Wildman–Crippen LogP) is 4.21. The predicted molar refractivity (Wildman–Crippen MR) is 198 cm³/mol. The average Bonchev–Trinajstić information content (AvgIpc) is 3.42. The van der Waals surface area contributed by atoms with Crippen LogP contribution in [0.3, 0.4) is 0 Å². The van der Waals surface area contributed by atoms with Crippen molar-refractivity contribution in [3.8, 4) is 11.1 Å². The van der Waals surface area contributed by atoms with Gasteiger partial charge in [0.15, 0.2) is 0 Å². The Morgan fingerprint density at radius 2 is 1.29 bits per heavy atom. The molecule has 14 heteroatoms. The minimum Gasteiger partial charge on any atom is -0.449 e. The number of anilines is 2. The average molecular weight is 726 g/mol. The molecular weight excluding hydrogens is 670 g/mol. The summed E-state index contributed by atoms with van der Waals surface area (Å²) in [6, 6.07) is 11.1. The summed E-state index contributed by atoms with van der Waals surface area (Å²) in [6.45, 7) is 6.31. The van der Waals surface area contributed by atoms with Gasteiger partial charge in [0.05, 0.1) is 19.3 Å². The summed E-state index contributed by atoms with van der Waals surface area (Å²) >= 11 is 0. The largest absolute Gasteiger partial charge is 0.449 e. The summed E-state index contributed by atoms with van der Waals surface area (Å²) in [4.78, 5) is 61.8. The summed E-state index contributed by atoms with van der Waals surface area (Å²) in [5.41, 5.74) is 4.71. The van der Waals surface area contributed by atoms with Crippen LogP contribution >= 0.6 is 0 Å². The molecule has 0 fully saturated rings. The molecule has 0 bridgehead atoms. The fraction of sp³-hybridized carbons (Fsp3) is 0.553. The second-order valence-electron chi connectivity index (χ2n) is 12.7. The molecule has 2 atom stereocenters. The van der Waals surface area contributed by atoms with Gasteiger partial charge < -0.3 is 45.9 Å². The van der Waals surface area contributed by atoms with Gasteiger partial charge in [-0.15, -0.1) is 0 Å². The maximum Gasteiger partial charge on any atom is 0.406 e. The molecule has 14 nitrogen and oxygen atoms in total. The van der Waals surface area contributed by atoms with E-state index in [1.807, 2.05) is 37.3 Å². The van der Waals surface area contributed by atoms with Crippen LogP contribution in [0.2, 0.25) is 0 Å². The van der Waals surface area contributed by atoms with E-state index in [1.54, 1.807) is 6.07 Å². The lowest BCUT2D eigenvalue weighted by atomic mass is 9.97. The van der Waals surface area contributed by atoms with Crippen LogP contribution in [-0.2, 0) is 33.4 Å². The Morgan fingerprint density at radius 3 is 1.81 bits per heavy atom. The van der Waals surface area contributed by atoms with E-state index >= 15 is 0 Å². The highest BCUT2D eigenvalue weighted by Gasteiger charge is 2.31. The van der Waals surface area contributed by atoms with Crippen molar-refractivity contribution < 1.29 is 43.3 Å². The van der Waals surface area contributed by atoms with Crippen molar-refractivity contribution in [3.63, 3.8) is 0 Å². The van der Waals surface area contributed by atoms with Gasteiger partial charge in [0, 0.05) is 76.3 Å². The van der Waals surface area contributed by atoms with Crippen LogP contribution in [0.4, 0.5) is 16.2 Å². The van der Waals surface area contributed by atoms with E-state index in [0.717, 1.165) is 35.1 Å². The molecule has 0 heterocycles. The summed E-state index contributed by atoms with van der Waals surface area (Å²) in [5, 5.41) is 22.8. The number of amides is 5. The Hall–Kier alpha value is -4.53. The minimum atomic E-state index is -0.579. The van der Waals surface area contributed by atoms with Crippen molar-refractivity contribution in [1.82, 2.24) is 16.0 Å². The normalized spacial score (nSPS) is 13.3. The second-order valence-corrected chi connectivity index (χ2v) is 12.7. The molecule has 0 aromatic heterocycles. The topological polar surface area (TPSA) is 193 Å². The van der Waals surface area contributed by atoms with E-state index < -0.39 is 6.09 Å². The Bertz CT molecular complexity index is 1480. The molecule has 1 aliphatic carbocycles. The monoisotopic (exact) mass is 725 g/mol. The van der Waals surface area contributed by atoms with E-state index in [-0.39, 0.29) is 74.5 Å². The van der Waals surface area contributed by atoms with Crippen LogP contribution in [-0.4, -0.2) is 94.1 Å². The molecular formula is C38H55N5O9. The van der Waals surface area contributed by atoms with Crippen LogP contribution < -0.4 is 26.6 Å². The first-order valence-corrected chi connectivity index (χ1v) is 18.2. The molecule has 1 aliphatic rings. The van der Waals surface area contributed by atoms with Crippen LogP contribution in [0.1, 0.15) is 88.7 Å². The highest BCUT2D eigenvalue weighted by Crippen LogP contribution is 2.47. The lowest BCUT2D eigenvalue weighted by molar-refractivity contribution is -0.123. The molecule has 286 valence electrons. The maximum atomic E-state index is 12.8. The number of ether oxygens (including phenoxy) is 3. The molecule has 0 radical (unpaired) electrons. The molecule has 2 aromatic carbocycles. The van der Waals surface area contributed by atoms with Crippen molar-refractivity contribution in [1.29, 1.82) is 0 Å². The van der Waals surface area contributed by atoms with Gasteiger partial charge in [-0.2, -0.15) is 0 Å². The van der Waals surface area contributed by atoms with E-state index in [0.29, 0.717) is 63.5 Å². The Labute approximate surface area is 306 Å². The number of hydrogen-bond acceptors (Lipinski definition) is 9. The number of hydrogen-bond donors (Lipinski definition) is 6. The number of unbranched alkanes of at least 4 members (excludes halogenated alkanes) is 1. The number of carbonyl (C=O) groups excluding carboxylic acids is 5. The van der Waals surface area contributed by atoms with Crippen LogP contribution in [0.5, 0.6) is 0 Å². The fourth-order valence-electron chi connectivity index (χ4n) is 5.70. The number of aliphatic hydroxyl groups excluding tert-OH is 1. The highest BCUT2D eigenvalue weighted by molar-refractivity contribution is 5.94. The van der Waals surface area contributed by atoms with Crippen molar-refractivity contribution in [2.75, 3.05) is 63.8 Å². The number of aliphatic hydroxyl groups is 1. The van der Waals surface area contributed by atoms with Gasteiger partial charge in [-0.25, -0.2) is 4.79 Å². The molecule has 6 N–H and O–H groups in total.